The van der Waals surface area contributed by atoms with E-state index in [1.165, 1.54) is 5.56 Å². The first kappa shape index (κ1) is 21.1. The topological polar surface area (TPSA) is 70.7 Å². The first-order chi connectivity index (χ1) is 14.6. The highest BCUT2D eigenvalue weighted by Gasteiger charge is 2.25. The van der Waals surface area contributed by atoms with Gasteiger partial charge in [-0.2, -0.15) is 0 Å². The maximum atomic E-state index is 12.7. The second kappa shape index (κ2) is 9.78. The molecule has 1 fully saturated rings. The van der Waals surface area contributed by atoms with E-state index in [1.807, 2.05) is 42.5 Å². The van der Waals surface area contributed by atoms with Gasteiger partial charge in [-0.3, -0.25) is 15.0 Å². The molecule has 0 aromatic heterocycles. The smallest absolute Gasteiger partial charge is 0.411 e. The van der Waals surface area contributed by atoms with Crippen molar-refractivity contribution in [3.05, 3.63) is 57.2 Å². The van der Waals surface area contributed by atoms with E-state index < -0.39 is 6.09 Å². The maximum absolute atomic E-state index is 12.7. The minimum atomic E-state index is -0.434. The van der Waals surface area contributed by atoms with Gasteiger partial charge in [-0.25, -0.2) is 4.79 Å². The second-order valence-electron chi connectivity index (χ2n) is 7.80. The lowest BCUT2D eigenvalue weighted by Gasteiger charge is -2.31. The van der Waals surface area contributed by atoms with Crippen LogP contribution in [0.15, 0.2) is 42.5 Å². The zero-order chi connectivity index (χ0) is 20.9. The molecular formula is C23H26IN3O3. The number of rotatable bonds is 6. The first-order valence-corrected chi connectivity index (χ1v) is 11.5. The van der Waals surface area contributed by atoms with Crippen molar-refractivity contribution >= 4 is 45.8 Å². The monoisotopic (exact) mass is 519 g/mol. The van der Waals surface area contributed by atoms with Crippen LogP contribution in [0.3, 0.4) is 0 Å². The number of hydrogen-bond donors (Lipinski definition) is 2. The third kappa shape index (κ3) is 5.31. The lowest BCUT2D eigenvalue weighted by Crippen LogP contribution is -2.38. The van der Waals surface area contributed by atoms with Crippen LogP contribution in [0.4, 0.5) is 16.2 Å². The van der Waals surface area contributed by atoms with Crippen LogP contribution in [0.5, 0.6) is 0 Å². The zero-order valence-corrected chi connectivity index (χ0v) is 19.0. The quantitative estimate of drug-likeness (QED) is 0.438. The van der Waals surface area contributed by atoms with Gasteiger partial charge in [0.1, 0.15) is 6.61 Å². The minimum absolute atomic E-state index is 0.0824. The summed E-state index contributed by atoms with van der Waals surface area (Å²) >= 11 is 2.25. The molecule has 30 heavy (non-hydrogen) atoms. The van der Waals surface area contributed by atoms with Crippen LogP contribution in [0.25, 0.3) is 0 Å². The summed E-state index contributed by atoms with van der Waals surface area (Å²) in [6, 6.07) is 13.7. The van der Waals surface area contributed by atoms with Crippen molar-refractivity contribution in [2.75, 3.05) is 43.4 Å². The predicted octanol–water partition coefficient (Wildman–Crippen LogP) is 4.40. The van der Waals surface area contributed by atoms with Gasteiger partial charge in [0.05, 0.1) is 0 Å². The lowest BCUT2D eigenvalue weighted by atomic mass is 9.89. The van der Waals surface area contributed by atoms with E-state index in [9.17, 15) is 9.59 Å². The molecule has 0 aliphatic carbocycles. The van der Waals surface area contributed by atoms with E-state index in [1.54, 1.807) is 0 Å². The average Bonchev–Trinajstić information content (AvgIpc) is 3.22. The van der Waals surface area contributed by atoms with Crippen molar-refractivity contribution in [3.8, 4) is 0 Å². The Kier molecular flexibility index (Phi) is 6.89. The number of nitrogens with zero attached hydrogens (tertiary/aromatic N) is 1. The summed E-state index contributed by atoms with van der Waals surface area (Å²) in [5.74, 6) is 0.324. The third-order valence-electron chi connectivity index (χ3n) is 5.79. The highest BCUT2D eigenvalue weighted by Crippen LogP contribution is 2.26. The number of carbonyl (C=O) groups is 2. The summed E-state index contributed by atoms with van der Waals surface area (Å²) in [6.07, 6.45) is 2.28. The van der Waals surface area contributed by atoms with Crippen LogP contribution in [-0.2, 0) is 11.2 Å². The number of anilines is 2. The molecule has 0 atom stereocenters. The second-order valence-corrected chi connectivity index (χ2v) is 9.04. The van der Waals surface area contributed by atoms with E-state index in [2.05, 4.69) is 38.1 Å². The molecule has 158 valence electrons. The summed E-state index contributed by atoms with van der Waals surface area (Å²) in [5, 5.41) is 6.09. The van der Waals surface area contributed by atoms with Gasteiger partial charge >= 0.3 is 6.09 Å². The van der Waals surface area contributed by atoms with Gasteiger partial charge < -0.3 is 10.1 Å². The molecule has 7 heteroatoms. The number of hydrogen-bond acceptors (Lipinski definition) is 5. The van der Waals surface area contributed by atoms with Gasteiger partial charge in [0.25, 0.3) is 0 Å². The van der Waals surface area contributed by atoms with Crippen LogP contribution in [0.1, 0.15) is 28.8 Å². The number of likely N-dealkylation sites (tertiary alicyclic amines) is 1. The van der Waals surface area contributed by atoms with Crippen LogP contribution >= 0.6 is 22.6 Å². The molecule has 0 saturated carbocycles. The van der Waals surface area contributed by atoms with E-state index in [0.29, 0.717) is 13.2 Å². The van der Waals surface area contributed by atoms with Crippen molar-refractivity contribution in [1.82, 2.24) is 4.90 Å². The lowest BCUT2D eigenvalue weighted by molar-refractivity contribution is 0.0813. The molecule has 1 amide bonds. The van der Waals surface area contributed by atoms with Crippen molar-refractivity contribution in [3.63, 3.8) is 0 Å². The Morgan fingerprint density at radius 3 is 2.67 bits per heavy atom. The molecule has 2 aliphatic rings. The molecule has 0 radical (unpaired) electrons. The van der Waals surface area contributed by atoms with Crippen molar-refractivity contribution in [2.24, 2.45) is 5.92 Å². The van der Waals surface area contributed by atoms with Crippen LogP contribution in [-0.4, -0.2) is 49.6 Å². The average molecular weight is 519 g/mol. The van der Waals surface area contributed by atoms with E-state index >= 15 is 0 Å². The first-order valence-electron chi connectivity index (χ1n) is 10.4. The number of Topliss-reactive ketones (excluding diaryl/α,β-unsaturated/α-hetero) is 1. The van der Waals surface area contributed by atoms with Crippen LogP contribution < -0.4 is 10.6 Å². The summed E-state index contributed by atoms with van der Waals surface area (Å²) in [4.78, 5) is 27.0. The van der Waals surface area contributed by atoms with Gasteiger partial charge in [-0.05, 0) is 84.8 Å². The van der Waals surface area contributed by atoms with Gasteiger partial charge in [0.15, 0.2) is 5.78 Å². The number of carbonyl (C=O) groups excluding carboxylic acids is 2. The number of ketones is 1. The summed E-state index contributed by atoms with van der Waals surface area (Å²) in [7, 11) is 0. The number of fused-ring (bicyclic) bond motifs is 1. The molecule has 2 aromatic carbocycles. The number of ether oxygens (including phenoxy) is 1. The largest absolute Gasteiger partial charge is 0.448 e. The third-order valence-corrected chi connectivity index (χ3v) is 6.51. The zero-order valence-electron chi connectivity index (χ0n) is 16.8. The molecule has 2 aliphatic heterocycles. The van der Waals surface area contributed by atoms with Gasteiger partial charge in [0, 0.05) is 39.5 Å². The van der Waals surface area contributed by atoms with Gasteiger partial charge in [-0.15, -0.1) is 0 Å². The fourth-order valence-corrected chi connectivity index (χ4v) is 4.42. The molecular weight excluding hydrogens is 493 g/mol. The minimum Gasteiger partial charge on any atom is -0.448 e. The Bertz CT molecular complexity index is 908. The number of benzene rings is 2. The van der Waals surface area contributed by atoms with Crippen molar-refractivity contribution in [1.29, 1.82) is 0 Å². The molecule has 0 spiro atoms. The van der Waals surface area contributed by atoms with Crippen LogP contribution in [0.2, 0.25) is 0 Å². The predicted molar refractivity (Wildman–Crippen MR) is 126 cm³/mol. The fraction of sp³-hybridized carbons (Fsp3) is 0.391. The van der Waals surface area contributed by atoms with Gasteiger partial charge in [0.2, 0.25) is 0 Å². The number of piperidine rings is 1. The van der Waals surface area contributed by atoms with E-state index in [4.69, 9.17) is 4.74 Å². The standard InChI is InChI=1S/C23H26IN3O3/c24-19-4-1-17(2-5-19)22(28)18-8-11-27(12-9-18)13-14-30-23(29)26-20-6-3-16-7-10-25-21(16)15-20/h1-6,15,18,25H,7-14H2,(H,26,29). The fourth-order valence-electron chi connectivity index (χ4n) is 4.06. The summed E-state index contributed by atoms with van der Waals surface area (Å²) in [5.41, 5.74) is 3.90. The molecule has 6 nitrogen and oxygen atoms in total. The van der Waals surface area contributed by atoms with E-state index in [-0.39, 0.29) is 11.7 Å². The van der Waals surface area contributed by atoms with Gasteiger partial charge in [-0.1, -0.05) is 18.2 Å². The highest BCUT2D eigenvalue weighted by atomic mass is 127. The molecule has 1 saturated heterocycles. The highest BCUT2D eigenvalue weighted by molar-refractivity contribution is 14.1. The Labute approximate surface area is 190 Å². The number of halogens is 1. The molecule has 0 unspecified atom stereocenters. The Morgan fingerprint density at radius 2 is 1.90 bits per heavy atom. The molecule has 0 bridgehead atoms. The molecule has 2 heterocycles. The summed E-state index contributed by atoms with van der Waals surface area (Å²) in [6.45, 7) is 3.66. The van der Waals surface area contributed by atoms with Crippen molar-refractivity contribution in [2.45, 2.75) is 19.3 Å². The molecule has 2 aromatic rings. The van der Waals surface area contributed by atoms with Crippen LogP contribution in [0, 0.1) is 9.49 Å². The SMILES string of the molecule is O=C(Nc1ccc2c(c1)NCC2)OCCN1CCC(C(=O)c2ccc(I)cc2)CC1. The number of amides is 1. The summed E-state index contributed by atoms with van der Waals surface area (Å²) < 4.78 is 6.48. The molecule has 4 rings (SSSR count). The Balaban J connectivity index is 1.16. The van der Waals surface area contributed by atoms with E-state index in [0.717, 1.165) is 59.4 Å². The Hall–Kier alpha value is -2.13. The Morgan fingerprint density at radius 1 is 1.13 bits per heavy atom. The van der Waals surface area contributed by atoms with Crippen molar-refractivity contribution < 1.29 is 14.3 Å². The normalized spacial score (nSPS) is 16.6. The molecule has 2 N–H and O–H groups in total. The maximum Gasteiger partial charge on any atom is 0.411 e. The number of nitrogens with one attached hydrogen (secondary N) is 2.